The van der Waals surface area contributed by atoms with Gasteiger partial charge in [-0.25, -0.2) is 0 Å². The van der Waals surface area contributed by atoms with Crippen LogP contribution in [0.3, 0.4) is 0 Å². The predicted molar refractivity (Wildman–Crippen MR) is 114 cm³/mol. The molecule has 132 valence electrons. The Labute approximate surface area is 158 Å². The van der Waals surface area contributed by atoms with E-state index in [1.54, 1.807) is 4.68 Å². The molecule has 4 heteroatoms. The van der Waals surface area contributed by atoms with Gasteiger partial charge in [0.25, 0.3) is 0 Å². The van der Waals surface area contributed by atoms with E-state index >= 15 is 0 Å². The molecule has 2 N–H and O–H groups in total. The SMILES string of the molecule is Nn1c2ccccc2c2c3c4ccccc4oc3c3c4ccccc4oc3c21. The molecule has 0 amide bonds. The molecule has 7 rings (SSSR count). The van der Waals surface area contributed by atoms with Crippen molar-refractivity contribution in [1.82, 2.24) is 4.68 Å². The molecule has 28 heavy (non-hydrogen) atoms. The van der Waals surface area contributed by atoms with Gasteiger partial charge in [0.05, 0.1) is 10.9 Å². The fourth-order valence-electron chi connectivity index (χ4n) is 4.65. The number of rotatable bonds is 0. The summed E-state index contributed by atoms with van der Waals surface area (Å²) in [7, 11) is 0. The van der Waals surface area contributed by atoms with Crippen molar-refractivity contribution < 1.29 is 8.83 Å². The van der Waals surface area contributed by atoms with Gasteiger partial charge in [0.2, 0.25) is 0 Å². The molecule has 0 spiro atoms. The van der Waals surface area contributed by atoms with Crippen molar-refractivity contribution in [2.45, 2.75) is 0 Å². The molecule has 3 aromatic heterocycles. The van der Waals surface area contributed by atoms with E-state index in [0.717, 1.165) is 65.7 Å². The minimum absolute atomic E-state index is 0.765. The summed E-state index contributed by atoms with van der Waals surface area (Å²) < 4.78 is 14.5. The molecule has 0 fully saturated rings. The quantitative estimate of drug-likeness (QED) is 0.322. The second kappa shape index (κ2) is 4.67. The summed E-state index contributed by atoms with van der Waals surface area (Å²) in [5.41, 5.74) is 5.18. The van der Waals surface area contributed by atoms with E-state index in [-0.39, 0.29) is 0 Å². The molecule has 0 saturated carbocycles. The van der Waals surface area contributed by atoms with Gasteiger partial charge < -0.3 is 14.7 Å². The van der Waals surface area contributed by atoms with Crippen LogP contribution in [0.1, 0.15) is 0 Å². The monoisotopic (exact) mass is 362 g/mol. The lowest BCUT2D eigenvalue weighted by Crippen LogP contribution is -2.06. The molecule has 3 heterocycles. The Balaban J connectivity index is 1.98. The fraction of sp³-hybridized carbons (Fsp3) is 0. The van der Waals surface area contributed by atoms with Gasteiger partial charge in [0.15, 0.2) is 5.58 Å². The van der Waals surface area contributed by atoms with Gasteiger partial charge in [0.1, 0.15) is 22.3 Å². The van der Waals surface area contributed by atoms with Gasteiger partial charge in [0, 0.05) is 26.9 Å². The van der Waals surface area contributed by atoms with E-state index in [0.29, 0.717) is 0 Å². The molecule has 0 atom stereocenters. The highest BCUT2D eigenvalue weighted by molar-refractivity contribution is 6.37. The first kappa shape index (κ1) is 14.2. The van der Waals surface area contributed by atoms with Crippen LogP contribution in [0.5, 0.6) is 0 Å². The number of aromatic nitrogens is 1. The summed E-state index contributed by atoms with van der Waals surface area (Å²) in [6, 6.07) is 24.4. The van der Waals surface area contributed by atoms with Crippen LogP contribution in [0.15, 0.2) is 81.6 Å². The highest BCUT2D eigenvalue weighted by atomic mass is 16.3. The first-order valence-electron chi connectivity index (χ1n) is 9.25. The lowest BCUT2D eigenvalue weighted by atomic mass is 10.0. The summed E-state index contributed by atoms with van der Waals surface area (Å²) in [5, 5.41) is 6.36. The molecule has 0 aliphatic heterocycles. The number of nitrogen functional groups attached to an aromatic ring is 1. The number of para-hydroxylation sites is 3. The third kappa shape index (κ3) is 1.49. The summed E-state index contributed by atoms with van der Waals surface area (Å²) in [4.78, 5) is 0. The first-order chi connectivity index (χ1) is 13.8. The minimum Gasteiger partial charge on any atom is -0.455 e. The second-order valence-electron chi connectivity index (χ2n) is 7.22. The Morgan fingerprint density at radius 2 is 1.14 bits per heavy atom. The van der Waals surface area contributed by atoms with Crippen LogP contribution in [0.4, 0.5) is 0 Å². The normalized spacial score (nSPS) is 12.4. The number of nitrogens with two attached hydrogens (primary N) is 1. The van der Waals surface area contributed by atoms with Crippen molar-refractivity contribution in [3.63, 3.8) is 0 Å². The molecule has 0 unspecified atom stereocenters. The molecule has 0 radical (unpaired) electrons. The third-order valence-corrected chi connectivity index (χ3v) is 5.79. The highest BCUT2D eigenvalue weighted by Crippen LogP contribution is 2.47. The van der Waals surface area contributed by atoms with Crippen molar-refractivity contribution >= 4 is 65.7 Å². The van der Waals surface area contributed by atoms with E-state index in [1.807, 2.05) is 54.6 Å². The zero-order valence-corrected chi connectivity index (χ0v) is 14.8. The topological polar surface area (TPSA) is 57.2 Å². The van der Waals surface area contributed by atoms with Gasteiger partial charge in [-0.1, -0.05) is 54.6 Å². The first-order valence-corrected chi connectivity index (χ1v) is 9.25. The third-order valence-electron chi connectivity index (χ3n) is 5.79. The molecule has 0 bridgehead atoms. The number of furan rings is 2. The molecule has 0 saturated heterocycles. The summed E-state index contributed by atoms with van der Waals surface area (Å²) in [6.07, 6.45) is 0. The Kier molecular flexibility index (Phi) is 2.37. The van der Waals surface area contributed by atoms with E-state index in [1.165, 1.54) is 0 Å². The molecule has 4 aromatic carbocycles. The Hall–Kier alpha value is -3.92. The maximum absolute atomic E-state index is 6.59. The van der Waals surface area contributed by atoms with Crippen molar-refractivity contribution in [3.05, 3.63) is 72.8 Å². The molecular weight excluding hydrogens is 348 g/mol. The number of fused-ring (bicyclic) bond motifs is 12. The van der Waals surface area contributed by atoms with E-state index in [2.05, 4.69) is 18.2 Å². The largest absolute Gasteiger partial charge is 0.455 e. The Bertz CT molecular complexity index is 1730. The molecule has 4 nitrogen and oxygen atoms in total. The Morgan fingerprint density at radius 3 is 1.89 bits per heavy atom. The van der Waals surface area contributed by atoms with Crippen LogP contribution in [0.25, 0.3) is 65.7 Å². The van der Waals surface area contributed by atoms with Gasteiger partial charge in [-0.05, 0) is 18.2 Å². The van der Waals surface area contributed by atoms with Crippen molar-refractivity contribution in [3.8, 4) is 0 Å². The van der Waals surface area contributed by atoms with Crippen LogP contribution in [0, 0.1) is 0 Å². The summed E-state index contributed by atoms with van der Waals surface area (Å²) in [6.45, 7) is 0. The number of hydrogen-bond donors (Lipinski definition) is 1. The lowest BCUT2D eigenvalue weighted by Gasteiger charge is -2.00. The van der Waals surface area contributed by atoms with Crippen molar-refractivity contribution in [2.75, 3.05) is 5.84 Å². The number of benzene rings is 4. The van der Waals surface area contributed by atoms with Crippen LogP contribution in [-0.4, -0.2) is 4.68 Å². The van der Waals surface area contributed by atoms with Crippen molar-refractivity contribution in [1.29, 1.82) is 0 Å². The molecule has 0 aliphatic rings. The smallest absolute Gasteiger partial charge is 0.165 e. The maximum atomic E-state index is 6.59. The maximum Gasteiger partial charge on any atom is 0.165 e. The van der Waals surface area contributed by atoms with Gasteiger partial charge in [-0.2, -0.15) is 0 Å². The molecule has 0 aliphatic carbocycles. The van der Waals surface area contributed by atoms with Gasteiger partial charge in [-0.3, -0.25) is 4.68 Å². The van der Waals surface area contributed by atoms with Crippen LogP contribution in [0.2, 0.25) is 0 Å². The standard InChI is InChI=1S/C24H14N2O2/c25-26-16-10-4-1-7-13(16)19-20-14-8-2-5-11-17(14)27-23(20)21-15-9-3-6-12-18(15)28-24(21)22(19)26/h1-12H,25H2. The number of nitrogens with zero attached hydrogens (tertiary/aromatic N) is 1. The molecular formula is C24H14N2O2. The van der Waals surface area contributed by atoms with E-state index in [4.69, 9.17) is 14.7 Å². The average molecular weight is 362 g/mol. The average Bonchev–Trinajstić information content (AvgIpc) is 3.38. The predicted octanol–water partition coefficient (Wildman–Crippen LogP) is 6.31. The summed E-state index contributed by atoms with van der Waals surface area (Å²) in [5.74, 6) is 6.59. The van der Waals surface area contributed by atoms with E-state index in [9.17, 15) is 0 Å². The summed E-state index contributed by atoms with van der Waals surface area (Å²) >= 11 is 0. The lowest BCUT2D eigenvalue weighted by molar-refractivity contribution is 0.664. The van der Waals surface area contributed by atoms with Gasteiger partial charge >= 0.3 is 0 Å². The van der Waals surface area contributed by atoms with Crippen molar-refractivity contribution in [2.24, 2.45) is 0 Å². The van der Waals surface area contributed by atoms with Crippen LogP contribution >= 0.6 is 0 Å². The molecule has 7 aromatic rings. The zero-order valence-electron chi connectivity index (χ0n) is 14.8. The Morgan fingerprint density at radius 1 is 0.571 bits per heavy atom. The number of hydrogen-bond acceptors (Lipinski definition) is 3. The van der Waals surface area contributed by atoms with E-state index < -0.39 is 0 Å². The second-order valence-corrected chi connectivity index (χ2v) is 7.22. The minimum atomic E-state index is 0.765. The highest BCUT2D eigenvalue weighted by Gasteiger charge is 2.24. The van der Waals surface area contributed by atoms with Crippen LogP contribution < -0.4 is 5.84 Å². The fourth-order valence-corrected chi connectivity index (χ4v) is 4.65. The van der Waals surface area contributed by atoms with Gasteiger partial charge in [-0.15, -0.1) is 0 Å². The zero-order chi connectivity index (χ0) is 18.4. The van der Waals surface area contributed by atoms with Crippen LogP contribution in [-0.2, 0) is 0 Å².